The number of halogens is 1. The van der Waals surface area contributed by atoms with Gasteiger partial charge in [0.15, 0.2) is 4.90 Å². The molecule has 176 valence electrons. The number of nitrogens with zero attached hydrogens (tertiary/aromatic N) is 2. The van der Waals surface area contributed by atoms with E-state index in [9.17, 15) is 19.2 Å². The number of rotatable bonds is 5. The van der Waals surface area contributed by atoms with E-state index in [1.165, 1.54) is 24.5 Å². The summed E-state index contributed by atoms with van der Waals surface area (Å²) in [6.45, 7) is 8.07. The summed E-state index contributed by atoms with van der Waals surface area (Å²) in [6, 6.07) is 10.4. The summed E-state index contributed by atoms with van der Waals surface area (Å²) < 4.78 is 15.9. The lowest BCUT2D eigenvalue weighted by atomic mass is 9.87. The molecular weight excluding hydrogens is 474 g/mol. The van der Waals surface area contributed by atoms with Crippen molar-refractivity contribution in [1.29, 1.82) is 0 Å². The Morgan fingerprint density at radius 3 is 2.32 bits per heavy atom. The van der Waals surface area contributed by atoms with Crippen molar-refractivity contribution in [3.8, 4) is 5.75 Å². The molecule has 0 saturated carbocycles. The van der Waals surface area contributed by atoms with E-state index in [4.69, 9.17) is 11.6 Å². The number of anilines is 2. The van der Waals surface area contributed by atoms with Gasteiger partial charge < -0.3 is 9.66 Å². The van der Waals surface area contributed by atoms with Crippen molar-refractivity contribution in [2.45, 2.75) is 44.4 Å². The first-order chi connectivity index (χ1) is 16.0. The maximum absolute atomic E-state index is 13.4. The molecule has 1 aromatic heterocycles. The standard InChI is InChI=1S/C25H24ClN3O4S/c1-5-16-19(12-27-13-20(16)30)29-23(31)21-17(26)10-11-18(22(21)24(29)32)28-34(33)15-8-6-14(7-9-15)25(2,3)4/h6-13,28,30H,5H2,1-4H3. The molecule has 0 saturated heterocycles. The van der Waals surface area contributed by atoms with Crippen LogP contribution in [0.3, 0.4) is 0 Å². The zero-order chi connectivity index (χ0) is 24.8. The van der Waals surface area contributed by atoms with Gasteiger partial charge in [0.25, 0.3) is 11.8 Å². The number of hydrogen-bond donors (Lipinski definition) is 2. The summed E-state index contributed by atoms with van der Waals surface area (Å²) in [6.07, 6.45) is 3.00. The number of pyridine rings is 1. The van der Waals surface area contributed by atoms with Crippen LogP contribution in [-0.4, -0.2) is 26.5 Å². The van der Waals surface area contributed by atoms with Gasteiger partial charge in [-0.25, -0.2) is 9.62 Å². The third-order valence-corrected chi connectivity index (χ3v) is 7.15. The lowest BCUT2D eigenvalue weighted by Gasteiger charge is -2.20. The van der Waals surface area contributed by atoms with Gasteiger partial charge >= 0.3 is 0 Å². The molecule has 1 atom stereocenters. The largest absolute Gasteiger partial charge is 0.588 e. The molecule has 7 nitrogen and oxygen atoms in total. The van der Waals surface area contributed by atoms with Crippen LogP contribution in [0.25, 0.3) is 0 Å². The number of aromatic nitrogens is 1. The van der Waals surface area contributed by atoms with Crippen molar-refractivity contribution in [2.75, 3.05) is 9.62 Å². The van der Waals surface area contributed by atoms with Crippen LogP contribution in [-0.2, 0) is 23.2 Å². The molecule has 0 bridgehead atoms. The second-order valence-corrected chi connectivity index (χ2v) is 10.6. The van der Waals surface area contributed by atoms with Gasteiger partial charge in [-0.3, -0.25) is 14.6 Å². The van der Waals surface area contributed by atoms with E-state index < -0.39 is 23.2 Å². The van der Waals surface area contributed by atoms with E-state index in [1.807, 2.05) is 12.1 Å². The van der Waals surface area contributed by atoms with Crippen molar-refractivity contribution in [3.05, 3.63) is 76.1 Å². The number of nitrogens with one attached hydrogen (secondary N) is 1. The van der Waals surface area contributed by atoms with Crippen LogP contribution in [0.5, 0.6) is 5.75 Å². The highest BCUT2D eigenvalue weighted by Crippen LogP contribution is 2.40. The fourth-order valence-corrected chi connectivity index (χ4v) is 5.00. The minimum absolute atomic E-state index is 0.0159. The van der Waals surface area contributed by atoms with E-state index in [2.05, 4.69) is 30.5 Å². The number of fused-ring (bicyclic) bond motifs is 1. The van der Waals surface area contributed by atoms with E-state index in [0.29, 0.717) is 16.9 Å². The third kappa shape index (κ3) is 4.13. The van der Waals surface area contributed by atoms with Gasteiger partial charge in [0.05, 0.1) is 39.9 Å². The molecule has 34 heavy (non-hydrogen) atoms. The molecule has 2 heterocycles. The average molecular weight is 498 g/mol. The van der Waals surface area contributed by atoms with Gasteiger partial charge in [-0.2, -0.15) is 0 Å². The van der Waals surface area contributed by atoms with Crippen LogP contribution in [0.15, 0.2) is 53.7 Å². The normalized spacial score (nSPS) is 14.4. The molecule has 4 rings (SSSR count). The van der Waals surface area contributed by atoms with Crippen LogP contribution >= 0.6 is 11.6 Å². The van der Waals surface area contributed by atoms with Crippen molar-refractivity contribution < 1.29 is 19.2 Å². The molecule has 0 aliphatic carbocycles. The second-order valence-electron chi connectivity index (χ2n) is 8.95. The van der Waals surface area contributed by atoms with Crippen LogP contribution in [0.4, 0.5) is 11.4 Å². The van der Waals surface area contributed by atoms with Gasteiger partial charge in [0.1, 0.15) is 17.1 Å². The van der Waals surface area contributed by atoms with Gasteiger partial charge in [-0.15, -0.1) is 0 Å². The Labute approximate surface area is 206 Å². The molecule has 1 aliphatic rings. The highest BCUT2D eigenvalue weighted by Gasteiger charge is 2.42. The molecule has 1 unspecified atom stereocenters. The predicted molar refractivity (Wildman–Crippen MR) is 133 cm³/mol. The van der Waals surface area contributed by atoms with Crippen molar-refractivity contribution in [1.82, 2.24) is 4.98 Å². The number of aromatic hydroxyl groups is 1. The fraction of sp³-hybridized carbons (Fsp3) is 0.240. The Morgan fingerprint density at radius 1 is 1.06 bits per heavy atom. The number of imide groups is 1. The maximum atomic E-state index is 13.4. The molecule has 0 radical (unpaired) electrons. The number of benzene rings is 2. The van der Waals surface area contributed by atoms with E-state index in [-0.39, 0.29) is 38.7 Å². The molecular formula is C25H24ClN3O4S. The highest BCUT2D eigenvalue weighted by molar-refractivity contribution is 7.92. The second kappa shape index (κ2) is 8.94. The smallest absolute Gasteiger partial charge is 0.268 e. The number of carbonyl (C=O) groups is 2. The van der Waals surface area contributed by atoms with Crippen molar-refractivity contribution >= 4 is 46.2 Å². The van der Waals surface area contributed by atoms with E-state index >= 15 is 0 Å². The van der Waals surface area contributed by atoms with E-state index in [0.717, 1.165) is 10.5 Å². The Balaban J connectivity index is 1.71. The van der Waals surface area contributed by atoms with Crippen LogP contribution in [0, 0.1) is 0 Å². The summed E-state index contributed by atoms with van der Waals surface area (Å²) in [7, 11) is 0. The van der Waals surface area contributed by atoms with Gasteiger partial charge in [0.2, 0.25) is 0 Å². The highest BCUT2D eigenvalue weighted by atomic mass is 35.5. The Hall–Kier alpha value is -3.07. The summed E-state index contributed by atoms with van der Waals surface area (Å²) in [4.78, 5) is 32.1. The van der Waals surface area contributed by atoms with Gasteiger partial charge in [-0.05, 0) is 41.7 Å². The fourth-order valence-electron chi connectivity index (χ4n) is 3.89. The third-order valence-electron chi connectivity index (χ3n) is 5.73. The molecule has 3 aromatic rings. The minimum atomic E-state index is -1.69. The topological polar surface area (TPSA) is 106 Å². The molecule has 0 fully saturated rings. The lowest BCUT2D eigenvalue weighted by molar-refractivity contribution is 0.0926. The van der Waals surface area contributed by atoms with Crippen molar-refractivity contribution in [3.63, 3.8) is 0 Å². The zero-order valence-corrected chi connectivity index (χ0v) is 20.8. The summed E-state index contributed by atoms with van der Waals surface area (Å²) in [5.74, 6) is -1.37. The summed E-state index contributed by atoms with van der Waals surface area (Å²) in [5.41, 5.74) is 1.93. The van der Waals surface area contributed by atoms with Crippen molar-refractivity contribution in [2.24, 2.45) is 0 Å². The van der Waals surface area contributed by atoms with Crippen LogP contribution < -0.4 is 9.62 Å². The molecule has 2 N–H and O–H groups in total. The summed E-state index contributed by atoms with van der Waals surface area (Å²) in [5, 5.41) is 10.3. The predicted octanol–water partition coefficient (Wildman–Crippen LogP) is 5.24. The zero-order valence-electron chi connectivity index (χ0n) is 19.2. The maximum Gasteiger partial charge on any atom is 0.268 e. The van der Waals surface area contributed by atoms with Crippen LogP contribution in [0.1, 0.15) is 59.5 Å². The number of carbonyl (C=O) groups excluding carboxylic acids is 2. The summed E-state index contributed by atoms with van der Waals surface area (Å²) >= 11 is 4.62. The molecule has 9 heteroatoms. The van der Waals surface area contributed by atoms with Gasteiger partial charge in [-0.1, -0.05) is 51.4 Å². The Kier molecular flexibility index (Phi) is 6.33. The van der Waals surface area contributed by atoms with E-state index in [1.54, 1.807) is 19.1 Å². The number of hydrogen-bond acceptors (Lipinski definition) is 6. The lowest BCUT2D eigenvalue weighted by Crippen LogP contribution is -2.30. The van der Waals surface area contributed by atoms with Gasteiger partial charge in [0, 0.05) is 5.56 Å². The first-order valence-electron chi connectivity index (χ1n) is 10.7. The number of amides is 2. The Bertz CT molecular complexity index is 1290. The first kappa shape index (κ1) is 24.1. The first-order valence-corrected chi connectivity index (χ1v) is 12.2. The minimum Gasteiger partial charge on any atom is -0.588 e. The molecule has 1 aliphatic heterocycles. The quantitative estimate of drug-likeness (QED) is 0.369. The Morgan fingerprint density at radius 2 is 1.71 bits per heavy atom. The molecule has 2 amide bonds. The van der Waals surface area contributed by atoms with Crippen LogP contribution in [0.2, 0.25) is 5.02 Å². The monoisotopic (exact) mass is 497 g/mol. The molecule has 0 spiro atoms. The average Bonchev–Trinajstić information content (AvgIpc) is 3.06. The SMILES string of the molecule is CCc1c(O)cncc1N1C(=O)c2c(Cl)ccc(N[S+]([O-])c3ccc(C(C)(C)C)cc3)c2C1=O. The molecule has 2 aromatic carbocycles.